The van der Waals surface area contributed by atoms with E-state index in [4.69, 9.17) is 9.84 Å². The molecule has 3 heterocycles. The van der Waals surface area contributed by atoms with Crippen molar-refractivity contribution >= 4 is 17.7 Å². The number of carbonyl (C=O) groups is 1. The van der Waals surface area contributed by atoms with Crippen LogP contribution in [0.25, 0.3) is 28.7 Å². The summed E-state index contributed by atoms with van der Waals surface area (Å²) in [5.41, 5.74) is 6.21. The molecule has 2 aromatic carbocycles. The zero-order valence-corrected chi connectivity index (χ0v) is 20.0. The molecular formula is C29H24N4O3. The number of nitrogens with zero attached hydrogens (tertiary/aromatic N) is 4. The Morgan fingerprint density at radius 3 is 2.53 bits per heavy atom. The number of aromatic nitrogens is 4. The fraction of sp³-hybridized carbons (Fsp3) is 0.103. The van der Waals surface area contributed by atoms with Crippen LogP contribution in [0.2, 0.25) is 0 Å². The molecule has 5 rings (SSSR count). The molecule has 3 aromatic heterocycles. The van der Waals surface area contributed by atoms with Gasteiger partial charge in [0, 0.05) is 35.7 Å². The smallest absolute Gasteiger partial charge is 0.331 e. The Balaban J connectivity index is 1.37. The molecule has 0 radical (unpaired) electrons. The average molecular weight is 477 g/mol. The Morgan fingerprint density at radius 1 is 0.972 bits per heavy atom. The Kier molecular flexibility index (Phi) is 6.28. The zero-order valence-electron chi connectivity index (χ0n) is 20.0. The van der Waals surface area contributed by atoms with Crippen LogP contribution in [0.5, 0.6) is 0 Å². The van der Waals surface area contributed by atoms with Crippen molar-refractivity contribution in [2.24, 2.45) is 0 Å². The van der Waals surface area contributed by atoms with Gasteiger partial charge in [-0.3, -0.25) is 9.20 Å². The number of ether oxygens (including phenoxy) is 1. The highest BCUT2D eigenvalue weighted by molar-refractivity contribution is 5.88. The lowest BCUT2D eigenvalue weighted by molar-refractivity contribution is -0.139. The zero-order chi connectivity index (χ0) is 25.1. The average Bonchev–Trinajstić information content (AvgIpc) is 3.31. The molecule has 178 valence electrons. The number of rotatable bonds is 6. The van der Waals surface area contributed by atoms with E-state index in [-0.39, 0.29) is 12.2 Å². The van der Waals surface area contributed by atoms with Crippen molar-refractivity contribution in [2.75, 3.05) is 0 Å². The van der Waals surface area contributed by atoms with E-state index < -0.39 is 5.97 Å². The number of fused-ring (bicyclic) bond motifs is 1. The van der Waals surface area contributed by atoms with Crippen molar-refractivity contribution in [1.82, 2.24) is 19.2 Å². The Bertz CT molecular complexity index is 1630. The van der Waals surface area contributed by atoms with Crippen LogP contribution in [0.3, 0.4) is 0 Å². The SMILES string of the molecule is Cc1ccc(-c2nn(-c3ccccc3)cc2/C=C/C(=O)OCc2cc(=O)n3ccc(C)cc3n2)cc1. The van der Waals surface area contributed by atoms with Gasteiger partial charge in [-0.05, 0) is 49.8 Å². The van der Waals surface area contributed by atoms with E-state index in [2.05, 4.69) is 4.98 Å². The number of carbonyl (C=O) groups excluding carboxylic acids is 1. The summed E-state index contributed by atoms with van der Waals surface area (Å²) in [5.74, 6) is -0.538. The standard InChI is InChI=1S/C29H24N4O3/c1-20-8-10-22(11-9-20)29-23(18-33(31-29)25-6-4-3-5-7-25)12-13-28(35)36-19-24-17-27(34)32-15-14-21(2)16-26(32)30-24/h3-18H,19H2,1-2H3/b13-12+. The first-order chi connectivity index (χ1) is 17.5. The van der Waals surface area contributed by atoms with Crippen molar-refractivity contribution in [3.05, 3.63) is 124 Å². The van der Waals surface area contributed by atoms with Gasteiger partial charge in [-0.15, -0.1) is 0 Å². The molecule has 0 saturated carbocycles. The van der Waals surface area contributed by atoms with Crippen molar-refractivity contribution in [3.8, 4) is 16.9 Å². The predicted molar refractivity (Wildman–Crippen MR) is 139 cm³/mol. The summed E-state index contributed by atoms with van der Waals surface area (Å²) in [6.45, 7) is 3.86. The van der Waals surface area contributed by atoms with E-state index in [1.165, 1.54) is 16.5 Å². The molecule has 0 fully saturated rings. The quantitative estimate of drug-likeness (QED) is 0.257. The number of aryl methyl sites for hydroxylation is 2. The normalized spacial score (nSPS) is 11.3. The van der Waals surface area contributed by atoms with E-state index in [1.54, 1.807) is 17.0 Å². The van der Waals surface area contributed by atoms with Gasteiger partial charge in [-0.2, -0.15) is 5.10 Å². The number of benzene rings is 2. The molecule has 0 aliphatic heterocycles. The largest absolute Gasteiger partial charge is 0.456 e. The van der Waals surface area contributed by atoms with Crippen LogP contribution in [0, 0.1) is 13.8 Å². The summed E-state index contributed by atoms with van der Waals surface area (Å²) in [5, 5.41) is 4.76. The topological polar surface area (TPSA) is 78.5 Å². The molecule has 0 atom stereocenters. The first-order valence-electron chi connectivity index (χ1n) is 11.5. The van der Waals surface area contributed by atoms with Gasteiger partial charge in [0.15, 0.2) is 0 Å². The highest BCUT2D eigenvalue weighted by Crippen LogP contribution is 2.25. The Labute approximate surface area is 207 Å². The molecule has 0 aliphatic rings. The van der Waals surface area contributed by atoms with Crippen molar-refractivity contribution in [2.45, 2.75) is 20.5 Å². The second-order valence-corrected chi connectivity index (χ2v) is 8.54. The van der Waals surface area contributed by atoms with E-state index in [0.29, 0.717) is 11.3 Å². The van der Waals surface area contributed by atoms with Gasteiger partial charge >= 0.3 is 5.97 Å². The molecule has 0 N–H and O–H groups in total. The van der Waals surface area contributed by atoms with E-state index in [1.807, 2.05) is 86.8 Å². The lowest BCUT2D eigenvalue weighted by atomic mass is 10.1. The first-order valence-corrected chi connectivity index (χ1v) is 11.5. The third kappa shape index (κ3) is 5.00. The maximum absolute atomic E-state index is 12.5. The van der Waals surface area contributed by atoms with Crippen LogP contribution >= 0.6 is 0 Å². The highest BCUT2D eigenvalue weighted by atomic mass is 16.5. The molecular weight excluding hydrogens is 452 g/mol. The molecule has 7 heteroatoms. The van der Waals surface area contributed by atoms with Gasteiger partial charge < -0.3 is 4.74 Å². The van der Waals surface area contributed by atoms with E-state index in [9.17, 15) is 9.59 Å². The summed E-state index contributed by atoms with van der Waals surface area (Å²) in [4.78, 5) is 29.3. The second kappa shape index (κ2) is 9.84. The first kappa shape index (κ1) is 23.0. The molecule has 0 aliphatic carbocycles. The number of para-hydroxylation sites is 1. The minimum absolute atomic E-state index is 0.100. The van der Waals surface area contributed by atoms with E-state index >= 15 is 0 Å². The fourth-order valence-corrected chi connectivity index (χ4v) is 3.84. The molecule has 0 unspecified atom stereocenters. The lowest BCUT2D eigenvalue weighted by Crippen LogP contribution is -2.16. The van der Waals surface area contributed by atoms with Gasteiger partial charge in [-0.1, -0.05) is 48.0 Å². The fourth-order valence-electron chi connectivity index (χ4n) is 3.84. The van der Waals surface area contributed by atoms with Gasteiger partial charge in [0.1, 0.15) is 12.3 Å². The minimum Gasteiger partial charge on any atom is -0.456 e. The molecule has 7 nitrogen and oxygen atoms in total. The van der Waals surface area contributed by atoms with Crippen LogP contribution in [-0.4, -0.2) is 25.1 Å². The summed E-state index contributed by atoms with van der Waals surface area (Å²) in [6.07, 6.45) is 6.61. The Hall–Kier alpha value is -4.78. The van der Waals surface area contributed by atoms with Gasteiger partial charge in [-0.25, -0.2) is 14.5 Å². The summed E-state index contributed by atoms with van der Waals surface area (Å²) in [6, 6.07) is 22.9. The molecule has 0 amide bonds. The number of esters is 1. The van der Waals surface area contributed by atoms with E-state index in [0.717, 1.165) is 33.6 Å². The van der Waals surface area contributed by atoms with Crippen molar-refractivity contribution < 1.29 is 9.53 Å². The predicted octanol–water partition coefficient (Wildman–Crippen LogP) is 4.92. The van der Waals surface area contributed by atoms with Crippen LogP contribution in [0.15, 0.2) is 96.1 Å². The second-order valence-electron chi connectivity index (χ2n) is 8.54. The summed E-state index contributed by atoms with van der Waals surface area (Å²) < 4.78 is 8.61. The van der Waals surface area contributed by atoms with Gasteiger partial charge in [0.05, 0.1) is 17.1 Å². The van der Waals surface area contributed by atoms with Crippen LogP contribution < -0.4 is 5.56 Å². The molecule has 0 spiro atoms. The number of hydrogen-bond acceptors (Lipinski definition) is 5. The van der Waals surface area contributed by atoms with Crippen LogP contribution in [0.1, 0.15) is 22.4 Å². The van der Waals surface area contributed by atoms with Gasteiger partial charge in [0.2, 0.25) is 0 Å². The Morgan fingerprint density at radius 2 is 1.75 bits per heavy atom. The molecule has 0 bridgehead atoms. The van der Waals surface area contributed by atoms with Crippen molar-refractivity contribution in [3.63, 3.8) is 0 Å². The maximum atomic E-state index is 12.5. The monoisotopic (exact) mass is 476 g/mol. The minimum atomic E-state index is -0.538. The third-order valence-electron chi connectivity index (χ3n) is 5.73. The highest BCUT2D eigenvalue weighted by Gasteiger charge is 2.12. The van der Waals surface area contributed by atoms with Crippen LogP contribution in [0.4, 0.5) is 0 Å². The lowest BCUT2D eigenvalue weighted by Gasteiger charge is -2.05. The third-order valence-corrected chi connectivity index (χ3v) is 5.73. The number of hydrogen-bond donors (Lipinski definition) is 0. The summed E-state index contributed by atoms with van der Waals surface area (Å²) in [7, 11) is 0. The van der Waals surface area contributed by atoms with Crippen molar-refractivity contribution in [1.29, 1.82) is 0 Å². The molecule has 0 saturated heterocycles. The number of pyridine rings is 1. The van der Waals surface area contributed by atoms with Crippen LogP contribution in [-0.2, 0) is 16.1 Å². The van der Waals surface area contributed by atoms with Gasteiger partial charge in [0.25, 0.3) is 5.56 Å². The molecule has 5 aromatic rings. The maximum Gasteiger partial charge on any atom is 0.331 e. The summed E-state index contributed by atoms with van der Waals surface area (Å²) >= 11 is 0. The molecule has 36 heavy (non-hydrogen) atoms.